The Morgan fingerprint density at radius 2 is 2.00 bits per heavy atom. The number of hydrogen-bond donors (Lipinski definition) is 1. The Labute approximate surface area is 102 Å². The third-order valence-electron chi connectivity index (χ3n) is 3.33. The molecule has 2 amide bonds. The molecule has 0 aromatic carbocycles. The van der Waals surface area contributed by atoms with Gasteiger partial charge in [0.15, 0.2) is 0 Å². The van der Waals surface area contributed by atoms with Crippen molar-refractivity contribution in [3.63, 3.8) is 0 Å². The molecule has 2 aliphatic rings. The summed E-state index contributed by atoms with van der Waals surface area (Å²) in [6, 6.07) is 0.00308. The summed E-state index contributed by atoms with van der Waals surface area (Å²) in [4.78, 5) is 13.5. The van der Waals surface area contributed by atoms with E-state index >= 15 is 0 Å². The van der Waals surface area contributed by atoms with Crippen molar-refractivity contribution in [3.8, 4) is 0 Å². The van der Waals surface area contributed by atoms with Crippen LogP contribution in [0, 0.1) is 0 Å². The van der Waals surface area contributed by atoms with Crippen LogP contribution in [0.25, 0.3) is 0 Å². The molecule has 5 nitrogen and oxygen atoms in total. The van der Waals surface area contributed by atoms with E-state index in [1.807, 2.05) is 0 Å². The van der Waals surface area contributed by atoms with Crippen LogP contribution in [0.1, 0.15) is 25.7 Å². The Hall–Kier alpha value is -0.810. The van der Waals surface area contributed by atoms with Gasteiger partial charge in [-0.2, -0.15) is 0 Å². The molecule has 1 aliphatic heterocycles. The summed E-state index contributed by atoms with van der Waals surface area (Å²) in [6.07, 6.45) is 5.35. The number of hydrogen-bond acceptors (Lipinski definition) is 3. The lowest BCUT2D eigenvalue weighted by atomic mass is 10.3. The van der Waals surface area contributed by atoms with E-state index in [9.17, 15) is 4.79 Å². The molecule has 2 fully saturated rings. The lowest BCUT2D eigenvalue weighted by Crippen LogP contribution is -2.46. The quantitative estimate of drug-likeness (QED) is 0.748. The van der Waals surface area contributed by atoms with Gasteiger partial charge in [-0.05, 0) is 12.8 Å². The molecule has 1 N–H and O–H groups in total. The maximum atomic E-state index is 11.7. The standard InChI is InChI=1S/C12H22N2O3/c15-12(14-6-9-16-10-7-14)13-5-8-17-11-3-1-2-4-11/h11H,1-10H2,(H,13,15). The second-order valence-electron chi connectivity index (χ2n) is 4.61. The highest BCUT2D eigenvalue weighted by molar-refractivity contribution is 5.74. The fourth-order valence-corrected chi connectivity index (χ4v) is 2.32. The number of nitrogens with one attached hydrogen (secondary N) is 1. The van der Waals surface area contributed by atoms with Gasteiger partial charge in [-0.25, -0.2) is 4.79 Å². The maximum Gasteiger partial charge on any atom is 0.317 e. The van der Waals surface area contributed by atoms with Crippen molar-refractivity contribution in [1.82, 2.24) is 10.2 Å². The summed E-state index contributed by atoms with van der Waals surface area (Å²) in [5.41, 5.74) is 0. The number of carbonyl (C=O) groups excluding carboxylic acids is 1. The molecule has 5 heteroatoms. The third kappa shape index (κ3) is 4.16. The summed E-state index contributed by atoms with van der Waals surface area (Å²) >= 11 is 0. The lowest BCUT2D eigenvalue weighted by molar-refractivity contribution is 0.0478. The highest BCUT2D eigenvalue weighted by Gasteiger charge is 2.17. The summed E-state index contributed by atoms with van der Waals surface area (Å²) < 4.78 is 10.9. The predicted molar refractivity (Wildman–Crippen MR) is 64.0 cm³/mol. The van der Waals surface area contributed by atoms with Crippen LogP contribution in [0.15, 0.2) is 0 Å². The monoisotopic (exact) mass is 242 g/mol. The van der Waals surface area contributed by atoms with E-state index < -0.39 is 0 Å². The first-order valence-electron chi connectivity index (χ1n) is 6.58. The molecule has 1 saturated carbocycles. The van der Waals surface area contributed by atoms with Gasteiger partial charge in [0, 0.05) is 19.6 Å². The number of rotatable bonds is 4. The number of morpholine rings is 1. The van der Waals surface area contributed by atoms with Crippen molar-refractivity contribution in [2.24, 2.45) is 0 Å². The largest absolute Gasteiger partial charge is 0.378 e. The van der Waals surface area contributed by atoms with Crippen LogP contribution in [0.3, 0.4) is 0 Å². The summed E-state index contributed by atoms with van der Waals surface area (Å²) in [5.74, 6) is 0. The van der Waals surface area contributed by atoms with E-state index in [4.69, 9.17) is 9.47 Å². The minimum absolute atomic E-state index is 0.00308. The number of carbonyl (C=O) groups is 1. The average molecular weight is 242 g/mol. The lowest BCUT2D eigenvalue weighted by Gasteiger charge is -2.27. The van der Waals surface area contributed by atoms with Gasteiger partial charge in [0.1, 0.15) is 0 Å². The smallest absolute Gasteiger partial charge is 0.317 e. The van der Waals surface area contributed by atoms with Crippen LogP contribution in [0.4, 0.5) is 4.79 Å². The maximum absolute atomic E-state index is 11.7. The Bertz CT molecular complexity index is 236. The van der Waals surface area contributed by atoms with Crippen LogP contribution in [-0.4, -0.2) is 56.5 Å². The zero-order valence-corrected chi connectivity index (χ0v) is 10.3. The fraction of sp³-hybridized carbons (Fsp3) is 0.917. The van der Waals surface area contributed by atoms with Gasteiger partial charge < -0.3 is 19.7 Å². The van der Waals surface area contributed by atoms with Gasteiger partial charge >= 0.3 is 6.03 Å². The summed E-state index contributed by atoms with van der Waals surface area (Å²) in [5, 5.41) is 2.88. The van der Waals surface area contributed by atoms with Crippen LogP contribution in [0.2, 0.25) is 0 Å². The zero-order valence-electron chi connectivity index (χ0n) is 10.3. The molecular formula is C12H22N2O3. The van der Waals surface area contributed by atoms with Crippen LogP contribution < -0.4 is 5.32 Å². The molecule has 1 saturated heterocycles. The molecule has 0 spiro atoms. The van der Waals surface area contributed by atoms with Gasteiger partial charge in [-0.1, -0.05) is 12.8 Å². The van der Waals surface area contributed by atoms with Crippen LogP contribution in [0.5, 0.6) is 0 Å². The van der Waals surface area contributed by atoms with E-state index in [1.165, 1.54) is 25.7 Å². The SMILES string of the molecule is O=C(NCCOC1CCCC1)N1CCOCC1. The van der Waals surface area contributed by atoms with Gasteiger partial charge in [0.05, 0.1) is 25.9 Å². The predicted octanol–water partition coefficient (Wildman–Crippen LogP) is 0.987. The van der Waals surface area contributed by atoms with E-state index in [0.29, 0.717) is 45.6 Å². The number of amides is 2. The molecule has 0 atom stereocenters. The van der Waals surface area contributed by atoms with Gasteiger partial charge in [0.25, 0.3) is 0 Å². The van der Waals surface area contributed by atoms with Crippen molar-refractivity contribution in [3.05, 3.63) is 0 Å². The Kier molecular flexibility index (Phi) is 5.07. The number of ether oxygens (including phenoxy) is 2. The van der Waals surface area contributed by atoms with Gasteiger partial charge in [0.2, 0.25) is 0 Å². The Morgan fingerprint density at radius 3 is 2.71 bits per heavy atom. The fourth-order valence-electron chi connectivity index (χ4n) is 2.32. The first-order chi connectivity index (χ1) is 8.36. The molecule has 2 rings (SSSR count). The van der Waals surface area contributed by atoms with Crippen molar-refractivity contribution < 1.29 is 14.3 Å². The van der Waals surface area contributed by atoms with Crippen molar-refractivity contribution >= 4 is 6.03 Å². The van der Waals surface area contributed by atoms with Crippen molar-refractivity contribution in [2.75, 3.05) is 39.5 Å². The number of urea groups is 1. The normalized spacial score (nSPS) is 21.8. The van der Waals surface area contributed by atoms with Crippen LogP contribution >= 0.6 is 0 Å². The topological polar surface area (TPSA) is 50.8 Å². The molecule has 0 aromatic heterocycles. The molecule has 0 radical (unpaired) electrons. The highest BCUT2D eigenvalue weighted by atomic mass is 16.5. The van der Waals surface area contributed by atoms with Gasteiger partial charge in [-0.3, -0.25) is 0 Å². The average Bonchev–Trinajstić information content (AvgIpc) is 2.88. The van der Waals surface area contributed by atoms with E-state index in [0.717, 1.165) is 0 Å². The Morgan fingerprint density at radius 1 is 1.29 bits per heavy atom. The molecule has 98 valence electrons. The molecule has 17 heavy (non-hydrogen) atoms. The second kappa shape index (κ2) is 6.81. The third-order valence-corrected chi connectivity index (χ3v) is 3.33. The Balaban J connectivity index is 1.53. The summed E-state index contributed by atoms with van der Waals surface area (Å²) in [7, 11) is 0. The molecule has 1 heterocycles. The zero-order chi connectivity index (χ0) is 11.9. The van der Waals surface area contributed by atoms with Crippen molar-refractivity contribution in [1.29, 1.82) is 0 Å². The second-order valence-corrected chi connectivity index (χ2v) is 4.61. The van der Waals surface area contributed by atoms with E-state index in [1.54, 1.807) is 4.90 Å². The minimum atomic E-state index is 0.00308. The van der Waals surface area contributed by atoms with Gasteiger partial charge in [-0.15, -0.1) is 0 Å². The number of nitrogens with zero attached hydrogens (tertiary/aromatic N) is 1. The molecule has 1 aliphatic carbocycles. The summed E-state index contributed by atoms with van der Waals surface area (Å²) in [6.45, 7) is 3.90. The molecule has 0 bridgehead atoms. The molecule has 0 unspecified atom stereocenters. The molecule has 0 aromatic rings. The first kappa shape index (κ1) is 12.6. The highest BCUT2D eigenvalue weighted by Crippen LogP contribution is 2.20. The first-order valence-corrected chi connectivity index (χ1v) is 6.58. The molecular weight excluding hydrogens is 220 g/mol. The van der Waals surface area contributed by atoms with E-state index in [2.05, 4.69) is 5.32 Å². The van der Waals surface area contributed by atoms with Crippen molar-refractivity contribution in [2.45, 2.75) is 31.8 Å². The minimum Gasteiger partial charge on any atom is -0.378 e. The van der Waals surface area contributed by atoms with E-state index in [-0.39, 0.29) is 6.03 Å². The van der Waals surface area contributed by atoms with Crippen LogP contribution in [-0.2, 0) is 9.47 Å².